The first-order valence-corrected chi connectivity index (χ1v) is 9.34. The quantitative estimate of drug-likeness (QED) is 0.305. The van der Waals surface area contributed by atoms with Crippen molar-refractivity contribution in [1.82, 2.24) is 30.7 Å². The molecule has 2 heterocycles. The van der Waals surface area contributed by atoms with E-state index in [-0.39, 0.29) is 35.9 Å². The van der Waals surface area contributed by atoms with Crippen molar-refractivity contribution in [3.05, 3.63) is 41.5 Å². The highest BCUT2D eigenvalue weighted by molar-refractivity contribution is 14.0. The predicted molar refractivity (Wildman–Crippen MR) is 121 cm³/mol. The van der Waals surface area contributed by atoms with E-state index in [0.717, 1.165) is 29.4 Å². The van der Waals surface area contributed by atoms with E-state index in [9.17, 15) is 4.79 Å². The van der Waals surface area contributed by atoms with Crippen LogP contribution in [0.1, 0.15) is 30.1 Å². The van der Waals surface area contributed by atoms with Crippen LogP contribution in [0.5, 0.6) is 5.75 Å². The number of methoxy groups -OCH3 is 1. The Hall–Kier alpha value is -2.37. The molecule has 1 saturated heterocycles. The van der Waals surface area contributed by atoms with Gasteiger partial charge in [0.2, 0.25) is 5.91 Å². The second-order valence-electron chi connectivity index (χ2n) is 6.77. The number of ether oxygens (including phenoxy) is 1. The number of nitrogens with zero attached hydrogens (tertiary/aromatic N) is 4. The Labute approximate surface area is 187 Å². The molecule has 0 aliphatic carbocycles. The number of aromatic nitrogens is 3. The molecule has 0 saturated carbocycles. The summed E-state index contributed by atoms with van der Waals surface area (Å²) in [5.41, 5.74) is 1.08. The van der Waals surface area contributed by atoms with E-state index in [1.54, 1.807) is 7.11 Å². The molecule has 0 spiro atoms. The SMILES string of the molecule is COc1ccc(CN=C(NCc2nnc(C)n2C)NC2CCC(=O)NC2)cc1.I. The Morgan fingerprint density at radius 2 is 2.10 bits per heavy atom. The van der Waals surface area contributed by atoms with E-state index in [1.807, 2.05) is 42.8 Å². The Kier molecular flexibility index (Phi) is 8.68. The molecular weight excluding hydrogens is 485 g/mol. The maximum absolute atomic E-state index is 11.4. The van der Waals surface area contributed by atoms with Gasteiger partial charge in [-0.3, -0.25) is 4.79 Å². The lowest BCUT2D eigenvalue weighted by Crippen LogP contribution is -2.51. The Morgan fingerprint density at radius 1 is 1.34 bits per heavy atom. The number of amides is 1. The average Bonchev–Trinajstić information content (AvgIpc) is 3.04. The van der Waals surface area contributed by atoms with Crippen molar-refractivity contribution in [2.24, 2.45) is 12.0 Å². The van der Waals surface area contributed by atoms with Crippen molar-refractivity contribution in [2.45, 2.75) is 38.9 Å². The number of hydrogen-bond acceptors (Lipinski definition) is 5. The topological polar surface area (TPSA) is 105 Å². The number of aryl methyl sites for hydroxylation is 1. The lowest BCUT2D eigenvalue weighted by molar-refractivity contribution is -0.122. The van der Waals surface area contributed by atoms with Gasteiger partial charge in [-0.05, 0) is 31.0 Å². The van der Waals surface area contributed by atoms with Crippen LogP contribution in [0, 0.1) is 6.92 Å². The number of benzene rings is 1. The molecule has 1 aliphatic heterocycles. The number of hydrogen-bond donors (Lipinski definition) is 3. The van der Waals surface area contributed by atoms with E-state index in [0.29, 0.717) is 32.0 Å². The molecule has 0 radical (unpaired) electrons. The summed E-state index contributed by atoms with van der Waals surface area (Å²) < 4.78 is 7.13. The molecule has 3 rings (SSSR count). The van der Waals surface area contributed by atoms with Crippen LogP contribution < -0.4 is 20.7 Å². The van der Waals surface area contributed by atoms with E-state index in [2.05, 4.69) is 26.1 Å². The second kappa shape index (κ2) is 11.0. The summed E-state index contributed by atoms with van der Waals surface area (Å²) in [6.45, 7) is 3.53. The van der Waals surface area contributed by atoms with Crippen LogP contribution in [0.2, 0.25) is 0 Å². The Morgan fingerprint density at radius 3 is 2.69 bits per heavy atom. The van der Waals surface area contributed by atoms with Crippen molar-refractivity contribution in [3.8, 4) is 5.75 Å². The van der Waals surface area contributed by atoms with Gasteiger partial charge >= 0.3 is 0 Å². The Bertz CT molecular complexity index is 826. The van der Waals surface area contributed by atoms with Gasteiger partial charge in [-0.15, -0.1) is 34.2 Å². The van der Waals surface area contributed by atoms with Gasteiger partial charge in [-0.1, -0.05) is 12.1 Å². The highest BCUT2D eigenvalue weighted by Gasteiger charge is 2.19. The number of carbonyl (C=O) groups is 1. The molecule has 10 heteroatoms. The summed E-state index contributed by atoms with van der Waals surface area (Å²) in [6, 6.07) is 7.97. The third-order valence-corrected chi connectivity index (χ3v) is 4.78. The van der Waals surface area contributed by atoms with Crippen LogP contribution in [-0.4, -0.2) is 46.3 Å². The van der Waals surface area contributed by atoms with Gasteiger partial charge in [0.15, 0.2) is 11.8 Å². The third-order valence-electron chi connectivity index (χ3n) is 4.78. The average molecular weight is 513 g/mol. The zero-order valence-electron chi connectivity index (χ0n) is 16.9. The van der Waals surface area contributed by atoms with Crippen LogP contribution >= 0.6 is 24.0 Å². The minimum atomic E-state index is 0. The molecule has 1 amide bonds. The van der Waals surface area contributed by atoms with E-state index < -0.39 is 0 Å². The molecule has 2 aromatic rings. The van der Waals surface area contributed by atoms with Crippen LogP contribution in [0.15, 0.2) is 29.3 Å². The first-order chi connectivity index (χ1) is 13.5. The number of halogens is 1. The molecule has 29 heavy (non-hydrogen) atoms. The number of nitrogens with one attached hydrogen (secondary N) is 3. The van der Waals surface area contributed by atoms with E-state index >= 15 is 0 Å². The van der Waals surface area contributed by atoms with E-state index in [1.165, 1.54) is 0 Å². The second-order valence-corrected chi connectivity index (χ2v) is 6.77. The maximum atomic E-state index is 11.4. The van der Waals surface area contributed by atoms with Crippen LogP contribution in [-0.2, 0) is 24.9 Å². The summed E-state index contributed by atoms with van der Waals surface area (Å²) >= 11 is 0. The van der Waals surface area contributed by atoms with Gasteiger partial charge < -0.3 is 25.3 Å². The fourth-order valence-corrected chi connectivity index (χ4v) is 2.87. The molecule has 1 atom stereocenters. The summed E-state index contributed by atoms with van der Waals surface area (Å²) in [5.74, 6) is 3.28. The van der Waals surface area contributed by atoms with Gasteiger partial charge in [-0.25, -0.2) is 4.99 Å². The number of carbonyl (C=O) groups excluding carboxylic acids is 1. The molecule has 3 N–H and O–H groups in total. The summed E-state index contributed by atoms with van der Waals surface area (Å²) in [5, 5.41) is 17.9. The molecule has 1 aromatic heterocycles. The molecule has 1 fully saturated rings. The van der Waals surface area contributed by atoms with Gasteiger partial charge in [0.1, 0.15) is 11.6 Å². The minimum Gasteiger partial charge on any atom is -0.497 e. The van der Waals surface area contributed by atoms with Crippen molar-refractivity contribution in [2.75, 3.05) is 13.7 Å². The van der Waals surface area contributed by atoms with Crippen LogP contribution in [0.3, 0.4) is 0 Å². The lowest BCUT2D eigenvalue weighted by atomic mass is 10.1. The standard InChI is InChI=1S/C19H27N7O2.HI/c1-13-24-25-17(26(13)2)12-22-19(23-15-6-9-18(27)20-11-15)21-10-14-4-7-16(28-3)8-5-14;/h4-5,7-8,15H,6,9-12H2,1-3H3,(H,20,27)(H2,21,22,23);1H. The maximum Gasteiger partial charge on any atom is 0.220 e. The summed E-state index contributed by atoms with van der Waals surface area (Å²) in [7, 11) is 3.58. The van der Waals surface area contributed by atoms with Crippen molar-refractivity contribution >= 4 is 35.8 Å². The molecule has 1 unspecified atom stereocenters. The molecule has 1 aliphatic rings. The monoisotopic (exact) mass is 513 g/mol. The Balaban J connectivity index is 0.00000300. The van der Waals surface area contributed by atoms with Gasteiger partial charge in [0.25, 0.3) is 0 Å². The van der Waals surface area contributed by atoms with Crippen LogP contribution in [0.4, 0.5) is 0 Å². The highest BCUT2D eigenvalue weighted by atomic mass is 127. The molecular formula is C19H28IN7O2. The molecule has 9 nitrogen and oxygen atoms in total. The highest BCUT2D eigenvalue weighted by Crippen LogP contribution is 2.12. The summed E-state index contributed by atoms with van der Waals surface area (Å²) in [4.78, 5) is 16.1. The first-order valence-electron chi connectivity index (χ1n) is 9.34. The normalized spacial score (nSPS) is 16.6. The number of piperidine rings is 1. The largest absolute Gasteiger partial charge is 0.497 e. The minimum absolute atomic E-state index is 0. The number of guanidine groups is 1. The molecule has 1 aromatic carbocycles. The van der Waals surface area contributed by atoms with Crippen molar-refractivity contribution < 1.29 is 9.53 Å². The summed E-state index contributed by atoms with van der Waals surface area (Å²) in [6.07, 6.45) is 1.30. The van der Waals surface area contributed by atoms with E-state index in [4.69, 9.17) is 9.73 Å². The van der Waals surface area contributed by atoms with Crippen molar-refractivity contribution in [3.63, 3.8) is 0 Å². The number of rotatable bonds is 6. The van der Waals surface area contributed by atoms with Gasteiger partial charge in [0, 0.05) is 26.1 Å². The number of aliphatic imine (C=N–C) groups is 1. The molecule has 158 valence electrons. The molecule has 0 bridgehead atoms. The van der Waals surface area contributed by atoms with Crippen LogP contribution in [0.25, 0.3) is 0 Å². The third kappa shape index (κ3) is 6.58. The predicted octanol–water partition coefficient (Wildman–Crippen LogP) is 1.26. The fraction of sp³-hybridized carbons (Fsp3) is 0.474. The zero-order chi connectivity index (χ0) is 19.9. The van der Waals surface area contributed by atoms with Gasteiger partial charge in [-0.2, -0.15) is 0 Å². The lowest BCUT2D eigenvalue weighted by Gasteiger charge is -2.25. The fourth-order valence-electron chi connectivity index (χ4n) is 2.87. The van der Waals surface area contributed by atoms with Gasteiger partial charge in [0.05, 0.1) is 20.2 Å². The first kappa shape index (κ1) is 22.9. The smallest absolute Gasteiger partial charge is 0.220 e. The van der Waals surface area contributed by atoms with Crippen molar-refractivity contribution in [1.29, 1.82) is 0 Å². The zero-order valence-corrected chi connectivity index (χ0v) is 19.3.